The van der Waals surface area contributed by atoms with Gasteiger partial charge in [-0.25, -0.2) is 9.37 Å². The van der Waals surface area contributed by atoms with E-state index >= 15 is 0 Å². The summed E-state index contributed by atoms with van der Waals surface area (Å²) in [7, 11) is 0. The SMILES string of the molecule is Cc1cc(F)ccc1NC(=O)CCC1CCCN(C(=O)c2cnccn2)C1. The minimum Gasteiger partial charge on any atom is -0.337 e. The Hall–Kier alpha value is -2.83. The third-order valence-corrected chi connectivity index (χ3v) is 4.83. The van der Waals surface area contributed by atoms with Crippen molar-refractivity contribution in [1.82, 2.24) is 14.9 Å². The van der Waals surface area contributed by atoms with Gasteiger partial charge in [0, 0.05) is 37.6 Å². The van der Waals surface area contributed by atoms with Crippen LogP contribution in [-0.4, -0.2) is 39.8 Å². The largest absolute Gasteiger partial charge is 0.337 e. The van der Waals surface area contributed by atoms with Gasteiger partial charge in [0.2, 0.25) is 5.91 Å². The molecule has 6 nitrogen and oxygen atoms in total. The molecule has 1 saturated heterocycles. The highest BCUT2D eigenvalue weighted by Crippen LogP contribution is 2.23. The summed E-state index contributed by atoms with van der Waals surface area (Å²) in [6.45, 7) is 3.08. The van der Waals surface area contributed by atoms with E-state index in [1.165, 1.54) is 30.7 Å². The van der Waals surface area contributed by atoms with E-state index in [0.717, 1.165) is 12.8 Å². The summed E-state index contributed by atoms with van der Waals surface area (Å²) in [5.41, 5.74) is 1.67. The molecule has 1 unspecified atom stereocenters. The topological polar surface area (TPSA) is 75.2 Å². The van der Waals surface area contributed by atoms with Crippen LogP contribution in [-0.2, 0) is 4.79 Å². The number of piperidine rings is 1. The van der Waals surface area contributed by atoms with Crippen molar-refractivity contribution in [3.05, 3.63) is 53.9 Å². The van der Waals surface area contributed by atoms with Gasteiger partial charge in [0.1, 0.15) is 11.5 Å². The molecule has 1 N–H and O–H groups in total. The lowest BCUT2D eigenvalue weighted by molar-refractivity contribution is -0.116. The van der Waals surface area contributed by atoms with Crippen LogP contribution in [0.3, 0.4) is 0 Å². The van der Waals surface area contributed by atoms with Crippen molar-refractivity contribution in [3.8, 4) is 0 Å². The molecule has 0 spiro atoms. The molecule has 0 bridgehead atoms. The smallest absolute Gasteiger partial charge is 0.274 e. The molecule has 1 aromatic carbocycles. The number of aryl methyl sites for hydroxylation is 1. The number of benzene rings is 1. The van der Waals surface area contributed by atoms with Gasteiger partial charge >= 0.3 is 0 Å². The molecule has 1 fully saturated rings. The molecule has 1 aliphatic heterocycles. The minimum absolute atomic E-state index is 0.0953. The fraction of sp³-hybridized carbons (Fsp3) is 0.400. The maximum atomic E-state index is 13.1. The lowest BCUT2D eigenvalue weighted by atomic mass is 9.93. The van der Waals surface area contributed by atoms with Crippen molar-refractivity contribution in [3.63, 3.8) is 0 Å². The number of nitrogens with one attached hydrogen (secondary N) is 1. The van der Waals surface area contributed by atoms with Gasteiger partial charge in [-0.05, 0) is 55.9 Å². The fourth-order valence-corrected chi connectivity index (χ4v) is 3.37. The molecule has 0 saturated carbocycles. The summed E-state index contributed by atoms with van der Waals surface area (Å²) < 4.78 is 13.1. The van der Waals surface area contributed by atoms with Crippen LogP contribution in [0.5, 0.6) is 0 Å². The van der Waals surface area contributed by atoms with Gasteiger partial charge in [-0.3, -0.25) is 14.6 Å². The van der Waals surface area contributed by atoms with Crippen LogP contribution in [0.25, 0.3) is 0 Å². The van der Waals surface area contributed by atoms with Gasteiger partial charge in [-0.15, -0.1) is 0 Å². The van der Waals surface area contributed by atoms with E-state index in [2.05, 4.69) is 15.3 Å². The number of hydrogen-bond acceptors (Lipinski definition) is 4. The molecule has 1 atom stereocenters. The van der Waals surface area contributed by atoms with Crippen molar-refractivity contribution < 1.29 is 14.0 Å². The van der Waals surface area contributed by atoms with E-state index in [-0.39, 0.29) is 23.5 Å². The first-order chi connectivity index (χ1) is 13.0. The van der Waals surface area contributed by atoms with Crippen molar-refractivity contribution in [1.29, 1.82) is 0 Å². The van der Waals surface area contributed by atoms with Crippen LogP contribution in [0.15, 0.2) is 36.8 Å². The Morgan fingerprint density at radius 2 is 2.19 bits per heavy atom. The zero-order chi connectivity index (χ0) is 19.2. The summed E-state index contributed by atoms with van der Waals surface area (Å²) in [5, 5.41) is 2.83. The molecule has 142 valence electrons. The van der Waals surface area contributed by atoms with Crippen LogP contribution in [0, 0.1) is 18.7 Å². The number of rotatable bonds is 5. The Balaban J connectivity index is 1.50. The molecule has 0 radical (unpaired) electrons. The average molecular weight is 370 g/mol. The Kier molecular flexibility index (Phi) is 6.11. The van der Waals surface area contributed by atoms with Gasteiger partial charge in [0.15, 0.2) is 0 Å². The lowest BCUT2D eigenvalue weighted by Gasteiger charge is -2.32. The number of anilines is 1. The first-order valence-corrected chi connectivity index (χ1v) is 9.14. The van der Waals surface area contributed by atoms with Crippen LogP contribution < -0.4 is 5.32 Å². The Labute approximate surface area is 157 Å². The lowest BCUT2D eigenvalue weighted by Crippen LogP contribution is -2.40. The summed E-state index contributed by atoms with van der Waals surface area (Å²) in [5.74, 6) is -0.249. The minimum atomic E-state index is -0.319. The van der Waals surface area contributed by atoms with E-state index in [1.807, 2.05) is 0 Å². The van der Waals surface area contributed by atoms with Crippen LogP contribution in [0.2, 0.25) is 0 Å². The van der Waals surface area contributed by atoms with E-state index in [4.69, 9.17) is 0 Å². The van der Waals surface area contributed by atoms with Crippen molar-refractivity contribution >= 4 is 17.5 Å². The van der Waals surface area contributed by atoms with Gasteiger partial charge in [0.25, 0.3) is 5.91 Å². The van der Waals surface area contributed by atoms with E-state index < -0.39 is 0 Å². The summed E-state index contributed by atoms with van der Waals surface area (Å²) in [6.07, 6.45) is 7.51. The third-order valence-electron chi connectivity index (χ3n) is 4.83. The number of amides is 2. The molecule has 7 heteroatoms. The van der Waals surface area contributed by atoms with Crippen LogP contribution in [0.1, 0.15) is 41.7 Å². The van der Waals surface area contributed by atoms with Crippen molar-refractivity contribution in [2.24, 2.45) is 5.92 Å². The normalized spacial score (nSPS) is 16.8. The van der Waals surface area contributed by atoms with Crippen molar-refractivity contribution in [2.45, 2.75) is 32.6 Å². The maximum absolute atomic E-state index is 13.1. The monoisotopic (exact) mass is 370 g/mol. The highest BCUT2D eigenvalue weighted by molar-refractivity contribution is 5.92. The fourth-order valence-electron chi connectivity index (χ4n) is 3.37. The number of halogens is 1. The number of aromatic nitrogens is 2. The van der Waals surface area contributed by atoms with Gasteiger partial charge in [0.05, 0.1) is 6.20 Å². The average Bonchev–Trinajstić information content (AvgIpc) is 2.69. The molecule has 2 aromatic rings. The van der Waals surface area contributed by atoms with Gasteiger partial charge < -0.3 is 10.2 Å². The molecule has 2 amide bonds. The van der Waals surface area contributed by atoms with E-state index in [0.29, 0.717) is 42.9 Å². The second kappa shape index (κ2) is 8.70. The third kappa shape index (κ3) is 5.09. The van der Waals surface area contributed by atoms with Crippen LogP contribution >= 0.6 is 0 Å². The Bertz CT molecular complexity index is 813. The molecular weight excluding hydrogens is 347 g/mol. The molecule has 1 aromatic heterocycles. The second-order valence-corrected chi connectivity index (χ2v) is 6.90. The molecule has 0 aliphatic carbocycles. The highest BCUT2D eigenvalue weighted by atomic mass is 19.1. The quantitative estimate of drug-likeness (QED) is 0.877. The van der Waals surface area contributed by atoms with E-state index in [1.54, 1.807) is 17.9 Å². The first-order valence-electron chi connectivity index (χ1n) is 9.14. The second-order valence-electron chi connectivity index (χ2n) is 6.90. The number of hydrogen-bond donors (Lipinski definition) is 1. The van der Waals surface area contributed by atoms with Gasteiger partial charge in [-0.2, -0.15) is 0 Å². The molecule has 27 heavy (non-hydrogen) atoms. The number of carbonyl (C=O) groups is 2. The molecule has 2 heterocycles. The summed E-state index contributed by atoms with van der Waals surface area (Å²) in [4.78, 5) is 34.5. The standard InChI is InChI=1S/C20H23FN4O2/c1-14-11-16(21)5-6-17(14)24-19(26)7-4-15-3-2-10-25(13-15)20(27)18-12-22-8-9-23-18/h5-6,8-9,11-12,15H,2-4,7,10,13H2,1H3,(H,24,26). The first kappa shape index (κ1) is 18.9. The summed E-state index contributed by atoms with van der Waals surface area (Å²) >= 11 is 0. The molecular formula is C20H23FN4O2. The number of nitrogens with zero attached hydrogens (tertiary/aromatic N) is 3. The zero-order valence-electron chi connectivity index (χ0n) is 15.3. The van der Waals surface area contributed by atoms with Crippen LogP contribution in [0.4, 0.5) is 10.1 Å². The number of likely N-dealkylation sites (tertiary alicyclic amines) is 1. The Morgan fingerprint density at radius 1 is 1.33 bits per heavy atom. The number of carbonyl (C=O) groups excluding carboxylic acids is 2. The van der Waals surface area contributed by atoms with E-state index in [9.17, 15) is 14.0 Å². The predicted molar refractivity (Wildman–Crippen MR) is 99.7 cm³/mol. The summed E-state index contributed by atoms with van der Waals surface area (Å²) in [6, 6.07) is 4.30. The zero-order valence-corrected chi connectivity index (χ0v) is 15.3. The highest BCUT2D eigenvalue weighted by Gasteiger charge is 2.25. The molecule has 1 aliphatic rings. The van der Waals surface area contributed by atoms with Crippen molar-refractivity contribution in [2.75, 3.05) is 18.4 Å². The maximum Gasteiger partial charge on any atom is 0.274 e. The van der Waals surface area contributed by atoms with Gasteiger partial charge in [-0.1, -0.05) is 0 Å². The molecule has 3 rings (SSSR count). The predicted octanol–water partition coefficient (Wildman–Crippen LogP) is 3.20. The Morgan fingerprint density at radius 3 is 2.93 bits per heavy atom.